The van der Waals surface area contributed by atoms with Crippen molar-refractivity contribution >= 4 is 16.8 Å². The number of hydrogen-bond acceptors (Lipinski definition) is 2. The zero-order chi connectivity index (χ0) is 12.5. The molecule has 0 spiro atoms. The fraction of sp³-hybridized carbons (Fsp3) is 0.357. The zero-order valence-electron chi connectivity index (χ0n) is 10.1. The number of para-hydroxylation sites is 1. The normalized spacial score (nSPS) is 15.8. The van der Waals surface area contributed by atoms with Gasteiger partial charge in [-0.3, -0.25) is 4.79 Å². The first-order valence-electron chi connectivity index (χ1n) is 6.21. The number of hydrogen-bond donors (Lipinski definition) is 1. The second-order valence-electron chi connectivity index (χ2n) is 4.81. The van der Waals surface area contributed by atoms with Gasteiger partial charge in [0, 0.05) is 29.6 Å². The molecule has 0 radical (unpaired) electrons. The number of ether oxygens (including phenoxy) is 1. The van der Waals surface area contributed by atoms with Crippen LogP contribution in [0.4, 0.5) is 0 Å². The van der Waals surface area contributed by atoms with E-state index in [4.69, 9.17) is 10.5 Å². The van der Waals surface area contributed by atoms with Crippen LogP contribution in [-0.4, -0.2) is 23.7 Å². The minimum absolute atomic E-state index is 0.364. The number of carbonyl (C=O) groups is 1. The molecule has 0 unspecified atom stereocenters. The van der Waals surface area contributed by atoms with Crippen LogP contribution in [0.5, 0.6) is 0 Å². The molecule has 94 valence electrons. The molecule has 3 rings (SSSR count). The fourth-order valence-corrected chi connectivity index (χ4v) is 2.40. The molecule has 18 heavy (non-hydrogen) atoms. The minimum atomic E-state index is -0.364. The van der Waals surface area contributed by atoms with Gasteiger partial charge in [0.1, 0.15) is 0 Å². The van der Waals surface area contributed by atoms with Crippen LogP contribution in [0.15, 0.2) is 30.5 Å². The summed E-state index contributed by atoms with van der Waals surface area (Å²) in [4.78, 5) is 11.4. The summed E-state index contributed by atoms with van der Waals surface area (Å²) in [5.41, 5.74) is 7.10. The molecule has 0 aliphatic carbocycles. The summed E-state index contributed by atoms with van der Waals surface area (Å²) < 4.78 is 7.29. The number of benzene rings is 1. The maximum atomic E-state index is 11.4. The topological polar surface area (TPSA) is 57.2 Å². The molecular formula is C14H16N2O2. The first-order valence-corrected chi connectivity index (χ1v) is 6.21. The maximum absolute atomic E-state index is 11.4. The molecule has 4 heteroatoms. The second-order valence-corrected chi connectivity index (χ2v) is 4.81. The zero-order valence-corrected chi connectivity index (χ0v) is 10.1. The summed E-state index contributed by atoms with van der Waals surface area (Å²) in [6.07, 6.45) is 2.95. The number of aromatic nitrogens is 1. The molecule has 2 aromatic rings. The molecular weight excluding hydrogens is 228 g/mol. The van der Waals surface area contributed by atoms with E-state index >= 15 is 0 Å². The molecule has 1 fully saturated rings. The highest BCUT2D eigenvalue weighted by molar-refractivity contribution is 6.06. The van der Waals surface area contributed by atoms with Crippen molar-refractivity contribution in [1.29, 1.82) is 0 Å². The molecule has 2 heterocycles. The van der Waals surface area contributed by atoms with Gasteiger partial charge in [-0.15, -0.1) is 0 Å². The van der Waals surface area contributed by atoms with E-state index in [2.05, 4.69) is 4.57 Å². The van der Waals surface area contributed by atoms with E-state index in [-0.39, 0.29) is 5.91 Å². The summed E-state index contributed by atoms with van der Waals surface area (Å²) in [5.74, 6) is 0.292. The van der Waals surface area contributed by atoms with Crippen LogP contribution in [0.2, 0.25) is 0 Å². The van der Waals surface area contributed by atoms with Gasteiger partial charge in [-0.05, 0) is 12.5 Å². The van der Waals surface area contributed by atoms with Crippen LogP contribution in [0.1, 0.15) is 16.8 Å². The summed E-state index contributed by atoms with van der Waals surface area (Å²) >= 11 is 0. The van der Waals surface area contributed by atoms with Crippen LogP contribution in [0.3, 0.4) is 0 Å². The first-order chi connectivity index (χ1) is 8.75. The van der Waals surface area contributed by atoms with Gasteiger partial charge in [0.25, 0.3) is 5.91 Å². The van der Waals surface area contributed by atoms with Gasteiger partial charge in [-0.1, -0.05) is 18.2 Å². The molecule has 1 aliphatic rings. The van der Waals surface area contributed by atoms with Gasteiger partial charge >= 0.3 is 0 Å². The summed E-state index contributed by atoms with van der Waals surface area (Å²) in [6.45, 7) is 2.63. The van der Waals surface area contributed by atoms with Crippen LogP contribution in [-0.2, 0) is 11.3 Å². The third kappa shape index (κ3) is 1.88. The Morgan fingerprint density at radius 2 is 2.17 bits per heavy atom. The quantitative estimate of drug-likeness (QED) is 0.891. The van der Waals surface area contributed by atoms with Crippen molar-refractivity contribution in [3.05, 3.63) is 36.0 Å². The van der Waals surface area contributed by atoms with Crippen LogP contribution < -0.4 is 5.73 Å². The number of rotatable bonds is 4. The van der Waals surface area contributed by atoms with Crippen LogP contribution >= 0.6 is 0 Å². The summed E-state index contributed by atoms with van der Waals surface area (Å²) in [6, 6.07) is 7.88. The standard InChI is InChI=1S/C14H16N2O2/c15-14(17)12-7-16(6-5-10-8-18-9-10)13-4-2-1-3-11(12)13/h1-4,7,10H,5-6,8-9H2,(H2,15,17). The Morgan fingerprint density at radius 1 is 1.39 bits per heavy atom. The van der Waals surface area contributed by atoms with E-state index in [0.29, 0.717) is 11.5 Å². The molecule has 1 aromatic heterocycles. The van der Waals surface area contributed by atoms with E-state index in [1.165, 1.54) is 0 Å². The van der Waals surface area contributed by atoms with Crippen molar-refractivity contribution in [2.75, 3.05) is 13.2 Å². The molecule has 2 N–H and O–H groups in total. The summed E-state index contributed by atoms with van der Waals surface area (Å²) in [5, 5.41) is 0.940. The van der Waals surface area contributed by atoms with Crippen molar-refractivity contribution in [1.82, 2.24) is 4.57 Å². The average molecular weight is 244 g/mol. The average Bonchev–Trinajstić information content (AvgIpc) is 2.67. The first kappa shape index (κ1) is 11.3. The van der Waals surface area contributed by atoms with Gasteiger partial charge in [-0.2, -0.15) is 0 Å². The second kappa shape index (κ2) is 4.46. The Balaban J connectivity index is 1.92. The Hall–Kier alpha value is -1.81. The molecule has 1 aromatic carbocycles. The van der Waals surface area contributed by atoms with E-state index in [0.717, 1.165) is 37.1 Å². The van der Waals surface area contributed by atoms with Crippen LogP contribution in [0.25, 0.3) is 10.9 Å². The summed E-state index contributed by atoms with van der Waals surface area (Å²) in [7, 11) is 0. The van der Waals surface area contributed by atoms with E-state index in [9.17, 15) is 4.79 Å². The Morgan fingerprint density at radius 3 is 2.83 bits per heavy atom. The molecule has 1 amide bonds. The monoisotopic (exact) mass is 244 g/mol. The molecule has 0 bridgehead atoms. The van der Waals surface area contributed by atoms with Gasteiger partial charge in [0.05, 0.1) is 18.8 Å². The lowest BCUT2D eigenvalue weighted by Gasteiger charge is -2.26. The predicted octanol–water partition coefficient (Wildman–Crippen LogP) is 1.78. The minimum Gasteiger partial charge on any atom is -0.381 e. The lowest BCUT2D eigenvalue weighted by Crippen LogP contribution is -2.28. The van der Waals surface area contributed by atoms with E-state index < -0.39 is 0 Å². The van der Waals surface area contributed by atoms with Gasteiger partial charge in [0.15, 0.2) is 0 Å². The molecule has 1 saturated heterocycles. The van der Waals surface area contributed by atoms with Gasteiger partial charge in [0.2, 0.25) is 0 Å². The number of carbonyl (C=O) groups excluding carboxylic acids is 1. The smallest absolute Gasteiger partial charge is 0.250 e. The fourth-order valence-electron chi connectivity index (χ4n) is 2.40. The predicted molar refractivity (Wildman–Crippen MR) is 69.4 cm³/mol. The highest BCUT2D eigenvalue weighted by Gasteiger charge is 2.19. The largest absolute Gasteiger partial charge is 0.381 e. The van der Waals surface area contributed by atoms with Crippen molar-refractivity contribution in [2.24, 2.45) is 11.7 Å². The van der Waals surface area contributed by atoms with Gasteiger partial charge < -0.3 is 15.0 Å². The number of amides is 1. The third-order valence-electron chi connectivity index (χ3n) is 3.54. The Bertz CT molecular complexity index is 584. The lowest BCUT2D eigenvalue weighted by molar-refractivity contribution is -0.0370. The van der Waals surface area contributed by atoms with Crippen molar-refractivity contribution < 1.29 is 9.53 Å². The molecule has 0 saturated carbocycles. The van der Waals surface area contributed by atoms with Crippen molar-refractivity contribution in [3.63, 3.8) is 0 Å². The Kier molecular flexibility index (Phi) is 2.80. The highest BCUT2D eigenvalue weighted by atomic mass is 16.5. The van der Waals surface area contributed by atoms with E-state index in [1.807, 2.05) is 30.5 Å². The number of primary amides is 1. The number of nitrogens with two attached hydrogens (primary N) is 1. The molecule has 1 aliphatic heterocycles. The highest BCUT2D eigenvalue weighted by Crippen LogP contribution is 2.23. The number of aryl methyl sites for hydroxylation is 1. The number of fused-ring (bicyclic) bond motifs is 1. The Labute approximate surface area is 105 Å². The molecule has 4 nitrogen and oxygen atoms in total. The molecule has 0 atom stereocenters. The van der Waals surface area contributed by atoms with Crippen molar-refractivity contribution in [2.45, 2.75) is 13.0 Å². The number of nitrogens with zero attached hydrogens (tertiary/aromatic N) is 1. The van der Waals surface area contributed by atoms with Crippen molar-refractivity contribution in [3.8, 4) is 0 Å². The maximum Gasteiger partial charge on any atom is 0.250 e. The van der Waals surface area contributed by atoms with Gasteiger partial charge in [-0.25, -0.2) is 0 Å². The third-order valence-corrected chi connectivity index (χ3v) is 3.54. The SMILES string of the molecule is NC(=O)c1cn(CCC2COC2)c2ccccc12. The lowest BCUT2D eigenvalue weighted by atomic mass is 10.0. The van der Waals surface area contributed by atoms with Crippen LogP contribution in [0, 0.1) is 5.92 Å². The van der Waals surface area contributed by atoms with E-state index in [1.54, 1.807) is 0 Å².